The van der Waals surface area contributed by atoms with Crippen LogP contribution >= 0.6 is 0 Å². The largest absolute Gasteiger partial charge is 0.435 e. The van der Waals surface area contributed by atoms with Crippen LogP contribution in [0.3, 0.4) is 0 Å². The Morgan fingerprint density at radius 1 is 1.10 bits per heavy atom. The quantitative estimate of drug-likeness (QED) is 0.562. The molecule has 4 rings (SSSR count). The maximum atomic E-state index is 13.0. The average Bonchev–Trinajstić information content (AvgIpc) is 3.48. The third-order valence-corrected chi connectivity index (χ3v) is 5.25. The Morgan fingerprint density at radius 3 is 2.33 bits per heavy atom. The third kappa shape index (κ3) is 4.56. The second kappa shape index (κ2) is 7.97. The molecule has 1 saturated carbocycles. The standard InChI is InChI=1S/C23H22F3N3O/c1-15(14-29-20(18-7-8-18)13-21(28-29)23(24,25)26)22(30)27-19-11-9-17(10-12-19)16-5-3-2-4-6-16/h2-6,9-13,15,18H,7-8,14H2,1H3,(H,27,30). The van der Waals surface area contributed by atoms with Crippen LogP contribution < -0.4 is 5.32 Å². The van der Waals surface area contributed by atoms with Crippen LogP contribution in [0.15, 0.2) is 60.7 Å². The molecule has 7 heteroatoms. The van der Waals surface area contributed by atoms with Crippen molar-refractivity contribution in [3.63, 3.8) is 0 Å². The molecule has 1 N–H and O–H groups in total. The Hall–Kier alpha value is -3.09. The predicted octanol–water partition coefficient (Wildman–Crippen LogP) is 5.72. The van der Waals surface area contributed by atoms with Crippen molar-refractivity contribution >= 4 is 11.6 Å². The zero-order valence-corrected chi connectivity index (χ0v) is 16.5. The number of alkyl halides is 3. The number of nitrogens with one attached hydrogen (secondary N) is 1. The van der Waals surface area contributed by atoms with Gasteiger partial charge in [0.05, 0.1) is 12.5 Å². The van der Waals surface area contributed by atoms with Gasteiger partial charge in [-0.2, -0.15) is 18.3 Å². The molecule has 1 heterocycles. The monoisotopic (exact) mass is 413 g/mol. The summed E-state index contributed by atoms with van der Waals surface area (Å²) in [6.07, 6.45) is -2.77. The summed E-state index contributed by atoms with van der Waals surface area (Å²) in [5.41, 5.74) is 2.43. The van der Waals surface area contributed by atoms with E-state index in [9.17, 15) is 18.0 Å². The van der Waals surface area contributed by atoms with E-state index in [1.165, 1.54) is 4.68 Å². The summed E-state index contributed by atoms with van der Waals surface area (Å²) in [6, 6.07) is 18.5. The van der Waals surface area contributed by atoms with E-state index in [1.54, 1.807) is 6.92 Å². The van der Waals surface area contributed by atoms with Gasteiger partial charge in [0, 0.05) is 17.3 Å². The second-order valence-corrected chi connectivity index (χ2v) is 7.74. The van der Waals surface area contributed by atoms with Gasteiger partial charge < -0.3 is 5.32 Å². The minimum atomic E-state index is -4.49. The molecule has 1 aliphatic rings. The number of carbonyl (C=O) groups excluding carboxylic acids is 1. The highest BCUT2D eigenvalue weighted by Crippen LogP contribution is 2.42. The van der Waals surface area contributed by atoms with E-state index in [4.69, 9.17) is 0 Å². The van der Waals surface area contributed by atoms with E-state index in [0.717, 1.165) is 30.0 Å². The first-order chi connectivity index (χ1) is 14.3. The summed E-state index contributed by atoms with van der Waals surface area (Å²) in [5.74, 6) is -0.681. The molecule has 1 atom stereocenters. The smallest absolute Gasteiger partial charge is 0.326 e. The fourth-order valence-corrected chi connectivity index (χ4v) is 3.41. The molecule has 2 aromatic carbocycles. The lowest BCUT2D eigenvalue weighted by Crippen LogP contribution is -2.25. The Bertz CT molecular complexity index is 1020. The van der Waals surface area contributed by atoms with Gasteiger partial charge in [-0.1, -0.05) is 49.4 Å². The normalized spacial score (nSPS) is 15.1. The molecular formula is C23H22F3N3O. The van der Waals surface area contributed by atoms with Gasteiger partial charge in [0.15, 0.2) is 5.69 Å². The minimum absolute atomic E-state index is 0.106. The van der Waals surface area contributed by atoms with Gasteiger partial charge in [-0.15, -0.1) is 0 Å². The van der Waals surface area contributed by atoms with Crippen molar-refractivity contribution in [2.75, 3.05) is 5.32 Å². The van der Waals surface area contributed by atoms with Crippen molar-refractivity contribution in [3.8, 4) is 11.1 Å². The first-order valence-electron chi connectivity index (χ1n) is 9.92. The van der Waals surface area contributed by atoms with Crippen molar-refractivity contribution < 1.29 is 18.0 Å². The number of anilines is 1. The van der Waals surface area contributed by atoms with Crippen molar-refractivity contribution in [1.82, 2.24) is 9.78 Å². The van der Waals surface area contributed by atoms with Gasteiger partial charge in [-0.25, -0.2) is 0 Å². The molecule has 1 fully saturated rings. The van der Waals surface area contributed by atoms with Gasteiger partial charge in [0.1, 0.15) is 0 Å². The predicted molar refractivity (Wildman–Crippen MR) is 109 cm³/mol. The summed E-state index contributed by atoms with van der Waals surface area (Å²) in [4.78, 5) is 12.6. The van der Waals surface area contributed by atoms with Crippen molar-refractivity contribution in [3.05, 3.63) is 72.1 Å². The van der Waals surface area contributed by atoms with Gasteiger partial charge in [0.25, 0.3) is 0 Å². The van der Waals surface area contributed by atoms with E-state index < -0.39 is 17.8 Å². The van der Waals surface area contributed by atoms with E-state index in [2.05, 4.69) is 10.4 Å². The molecule has 1 unspecified atom stereocenters. The third-order valence-electron chi connectivity index (χ3n) is 5.25. The molecular weight excluding hydrogens is 391 g/mol. The van der Waals surface area contributed by atoms with Crippen molar-refractivity contribution in [2.24, 2.45) is 5.92 Å². The molecule has 156 valence electrons. The van der Waals surface area contributed by atoms with Gasteiger partial charge >= 0.3 is 6.18 Å². The molecule has 0 saturated heterocycles. The average molecular weight is 413 g/mol. The Morgan fingerprint density at radius 2 is 1.73 bits per heavy atom. The lowest BCUT2D eigenvalue weighted by atomic mass is 10.1. The molecule has 0 radical (unpaired) electrons. The molecule has 1 aliphatic carbocycles. The number of amides is 1. The molecule has 0 bridgehead atoms. The molecule has 4 nitrogen and oxygen atoms in total. The fourth-order valence-electron chi connectivity index (χ4n) is 3.41. The number of carbonyl (C=O) groups is 1. The first-order valence-corrected chi connectivity index (χ1v) is 9.92. The number of benzene rings is 2. The number of halogens is 3. The Kier molecular flexibility index (Phi) is 5.37. The SMILES string of the molecule is CC(Cn1nc(C(F)(F)F)cc1C1CC1)C(=O)Nc1ccc(-c2ccccc2)cc1. The van der Waals surface area contributed by atoms with Crippen molar-refractivity contribution in [1.29, 1.82) is 0 Å². The molecule has 0 spiro atoms. The Labute approximate surface area is 172 Å². The summed E-state index contributed by atoms with van der Waals surface area (Å²) < 4.78 is 40.5. The van der Waals surface area contributed by atoms with Crippen LogP contribution in [-0.4, -0.2) is 15.7 Å². The van der Waals surface area contributed by atoms with Crippen LogP contribution in [0.25, 0.3) is 11.1 Å². The number of hydrogen-bond acceptors (Lipinski definition) is 2. The van der Waals surface area contributed by atoms with Crippen LogP contribution in [-0.2, 0) is 17.5 Å². The van der Waals surface area contributed by atoms with Crippen LogP contribution in [0.1, 0.15) is 37.1 Å². The van der Waals surface area contributed by atoms with Crippen molar-refractivity contribution in [2.45, 2.75) is 38.4 Å². The topological polar surface area (TPSA) is 46.9 Å². The zero-order valence-electron chi connectivity index (χ0n) is 16.5. The lowest BCUT2D eigenvalue weighted by Gasteiger charge is -2.14. The van der Waals surface area contributed by atoms with Crippen LogP contribution in [0.2, 0.25) is 0 Å². The Balaban J connectivity index is 1.43. The number of nitrogens with zero attached hydrogens (tertiary/aromatic N) is 2. The van der Waals surface area contributed by atoms with Crippen LogP contribution in [0, 0.1) is 5.92 Å². The molecule has 3 aromatic rings. The second-order valence-electron chi connectivity index (χ2n) is 7.74. The zero-order chi connectivity index (χ0) is 21.3. The number of hydrogen-bond donors (Lipinski definition) is 1. The summed E-state index contributed by atoms with van der Waals surface area (Å²) >= 11 is 0. The highest BCUT2D eigenvalue weighted by molar-refractivity contribution is 5.92. The number of rotatable bonds is 6. The lowest BCUT2D eigenvalue weighted by molar-refractivity contribution is -0.141. The van der Waals surface area contributed by atoms with E-state index in [1.807, 2.05) is 54.6 Å². The van der Waals surface area contributed by atoms with E-state index >= 15 is 0 Å². The highest BCUT2D eigenvalue weighted by atomic mass is 19.4. The summed E-state index contributed by atoms with van der Waals surface area (Å²) in [6.45, 7) is 1.80. The molecule has 1 amide bonds. The fraction of sp³-hybridized carbons (Fsp3) is 0.304. The van der Waals surface area contributed by atoms with Gasteiger partial charge in [0.2, 0.25) is 5.91 Å². The maximum absolute atomic E-state index is 13.0. The number of aromatic nitrogens is 2. The first kappa shape index (κ1) is 20.2. The minimum Gasteiger partial charge on any atom is -0.326 e. The van der Waals surface area contributed by atoms with E-state index in [-0.39, 0.29) is 18.4 Å². The molecule has 0 aliphatic heterocycles. The molecule has 30 heavy (non-hydrogen) atoms. The summed E-state index contributed by atoms with van der Waals surface area (Å²) in [5, 5.41) is 6.57. The van der Waals surface area contributed by atoms with Crippen LogP contribution in [0.4, 0.5) is 18.9 Å². The highest BCUT2D eigenvalue weighted by Gasteiger charge is 2.38. The van der Waals surface area contributed by atoms with E-state index in [0.29, 0.717) is 11.4 Å². The maximum Gasteiger partial charge on any atom is 0.435 e. The molecule has 1 aromatic heterocycles. The van der Waals surface area contributed by atoms with Gasteiger partial charge in [-0.05, 0) is 42.2 Å². The van der Waals surface area contributed by atoms with Gasteiger partial charge in [-0.3, -0.25) is 9.48 Å². The summed E-state index contributed by atoms with van der Waals surface area (Å²) in [7, 11) is 0. The van der Waals surface area contributed by atoms with Crippen LogP contribution in [0.5, 0.6) is 0 Å².